The molecule has 0 saturated heterocycles. The fourth-order valence-corrected chi connectivity index (χ4v) is 2.18. The lowest BCUT2D eigenvalue weighted by Crippen LogP contribution is -2.43. The smallest absolute Gasteiger partial charge is 0.315 e. The van der Waals surface area contributed by atoms with Gasteiger partial charge in [0.15, 0.2) is 0 Å². The molecule has 0 aromatic carbocycles. The van der Waals surface area contributed by atoms with Crippen LogP contribution in [0.25, 0.3) is 0 Å². The molecule has 0 aliphatic rings. The number of hydrogen-bond acceptors (Lipinski definition) is 4. The third-order valence-electron chi connectivity index (χ3n) is 3.04. The molecule has 0 rings (SSSR count). The van der Waals surface area contributed by atoms with Gasteiger partial charge < -0.3 is 15.7 Å². The van der Waals surface area contributed by atoms with Crippen LogP contribution in [0.15, 0.2) is 0 Å². The molecule has 0 aliphatic carbocycles. The lowest BCUT2D eigenvalue weighted by atomic mass is 10.0. The predicted octanol–water partition coefficient (Wildman–Crippen LogP) is 0.114. The number of nitrogens with one attached hydrogen (secondary N) is 3. The van der Waals surface area contributed by atoms with Gasteiger partial charge in [-0.2, -0.15) is 0 Å². The lowest BCUT2D eigenvalue weighted by molar-refractivity contribution is -0.141. The predicted molar refractivity (Wildman–Crippen MR) is 79.5 cm³/mol. The Bertz CT molecular complexity index is 438. The Morgan fingerprint density at radius 2 is 1.81 bits per heavy atom. The largest absolute Gasteiger partial charge is 0.481 e. The van der Waals surface area contributed by atoms with E-state index in [1.54, 1.807) is 6.92 Å². The maximum Gasteiger partial charge on any atom is 0.315 e. The third kappa shape index (κ3) is 10.1. The van der Waals surface area contributed by atoms with Crippen LogP contribution in [0.4, 0.5) is 4.79 Å². The maximum atomic E-state index is 11.5. The maximum absolute atomic E-state index is 11.5. The van der Waals surface area contributed by atoms with Crippen LogP contribution in [0.2, 0.25) is 0 Å². The molecule has 2 amide bonds. The van der Waals surface area contributed by atoms with Crippen molar-refractivity contribution < 1.29 is 23.1 Å². The van der Waals surface area contributed by atoms with Crippen molar-refractivity contribution in [1.82, 2.24) is 15.4 Å². The molecule has 0 heterocycles. The summed E-state index contributed by atoms with van der Waals surface area (Å²) in [5.41, 5.74) is 0. The minimum absolute atomic E-state index is 0.0256. The molecule has 2 unspecified atom stereocenters. The molecule has 21 heavy (non-hydrogen) atoms. The van der Waals surface area contributed by atoms with Crippen molar-refractivity contribution in [2.45, 2.75) is 39.2 Å². The molecule has 0 aliphatic heterocycles. The summed E-state index contributed by atoms with van der Waals surface area (Å²) in [6.45, 7) is 3.49. The minimum atomic E-state index is -3.32. The van der Waals surface area contributed by atoms with Gasteiger partial charge >= 0.3 is 12.0 Å². The van der Waals surface area contributed by atoms with Crippen LogP contribution in [0.3, 0.4) is 0 Å². The fraction of sp³-hybridized carbons (Fsp3) is 0.833. The van der Waals surface area contributed by atoms with E-state index in [1.807, 2.05) is 6.92 Å². The van der Waals surface area contributed by atoms with Gasteiger partial charge in [0.2, 0.25) is 10.0 Å². The first kappa shape index (κ1) is 19.7. The quantitative estimate of drug-likeness (QED) is 0.454. The number of urea groups is 1. The second kappa shape index (κ2) is 9.56. The molecular formula is C12H25N3O5S. The molecule has 0 saturated carbocycles. The van der Waals surface area contributed by atoms with E-state index in [2.05, 4.69) is 15.4 Å². The molecule has 124 valence electrons. The standard InChI is InChI=1S/C12H25N3O5S/c1-9(11(16)17)5-4-6-10(2)15-12(18)14-7-8-21(19,20)13-3/h9-10,13H,4-8H2,1-3H3,(H,16,17)(H2,14,15,18). The molecule has 0 aromatic heterocycles. The van der Waals surface area contributed by atoms with Crippen molar-refractivity contribution >= 4 is 22.0 Å². The van der Waals surface area contributed by atoms with E-state index in [1.165, 1.54) is 7.05 Å². The van der Waals surface area contributed by atoms with Crippen molar-refractivity contribution in [3.8, 4) is 0 Å². The fourth-order valence-electron chi connectivity index (χ4n) is 1.60. The molecule has 2 atom stereocenters. The molecule has 0 bridgehead atoms. The highest BCUT2D eigenvalue weighted by molar-refractivity contribution is 7.89. The van der Waals surface area contributed by atoms with Crippen LogP contribution in [0.5, 0.6) is 0 Å². The first-order valence-electron chi connectivity index (χ1n) is 6.86. The van der Waals surface area contributed by atoms with E-state index in [4.69, 9.17) is 5.11 Å². The van der Waals surface area contributed by atoms with E-state index in [9.17, 15) is 18.0 Å². The summed E-state index contributed by atoms with van der Waals surface area (Å²) in [7, 11) is -2.01. The van der Waals surface area contributed by atoms with Crippen molar-refractivity contribution in [3.05, 3.63) is 0 Å². The molecule has 4 N–H and O–H groups in total. The Balaban J connectivity index is 3.82. The Hall–Kier alpha value is -1.35. The van der Waals surface area contributed by atoms with Crippen LogP contribution < -0.4 is 15.4 Å². The lowest BCUT2D eigenvalue weighted by Gasteiger charge is -2.15. The van der Waals surface area contributed by atoms with Gasteiger partial charge in [0.05, 0.1) is 11.7 Å². The summed E-state index contributed by atoms with van der Waals surface area (Å²) in [6.07, 6.45) is 1.92. The Kier molecular flexibility index (Phi) is 8.95. The molecule has 9 heteroatoms. The molecule has 0 fully saturated rings. The van der Waals surface area contributed by atoms with Crippen molar-refractivity contribution in [3.63, 3.8) is 0 Å². The second-order valence-corrected chi connectivity index (χ2v) is 7.04. The number of hydrogen-bond donors (Lipinski definition) is 4. The zero-order valence-electron chi connectivity index (χ0n) is 12.7. The summed E-state index contributed by atoms with van der Waals surface area (Å²) < 4.78 is 24.4. The SMILES string of the molecule is CNS(=O)(=O)CCNC(=O)NC(C)CCCC(C)C(=O)O. The number of rotatable bonds is 10. The van der Waals surface area contributed by atoms with Crippen molar-refractivity contribution in [2.75, 3.05) is 19.3 Å². The average Bonchev–Trinajstić information content (AvgIpc) is 2.38. The molecule has 0 aromatic rings. The van der Waals surface area contributed by atoms with Crippen LogP contribution in [0, 0.1) is 5.92 Å². The van der Waals surface area contributed by atoms with Crippen LogP contribution in [0.1, 0.15) is 33.1 Å². The number of amides is 2. The summed E-state index contributed by atoms with van der Waals surface area (Å²) in [5.74, 6) is -1.39. The number of carboxylic acids is 1. The molecule has 8 nitrogen and oxygen atoms in total. The number of carboxylic acid groups (broad SMARTS) is 1. The Morgan fingerprint density at radius 1 is 1.19 bits per heavy atom. The van der Waals surface area contributed by atoms with Crippen LogP contribution in [-0.2, 0) is 14.8 Å². The highest BCUT2D eigenvalue weighted by Crippen LogP contribution is 2.09. The Morgan fingerprint density at radius 3 is 2.33 bits per heavy atom. The van der Waals surface area contributed by atoms with Gasteiger partial charge in [-0.05, 0) is 26.8 Å². The summed E-state index contributed by atoms with van der Waals surface area (Å²) >= 11 is 0. The third-order valence-corrected chi connectivity index (χ3v) is 4.40. The zero-order valence-corrected chi connectivity index (χ0v) is 13.5. The van der Waals surface area contributed by atoms with Crippen LogP contribution >= 0.6 is 0 Å². The first-order chi connectivity index (χ1) is 9.68. The molecular weight excluding hydrogens is 298 g/mol. The average molecular weight is 323 g/mol. The second-order valence-electron chi connectivity index (χ2n) is 4.99. The van der Waals surface area contributed by atoms with Gasteiger partial charge in [-0.25, -0.2) is 17.9 Å². The van der Waals surface area contributed by atoms with Gasteiger partial charge in [-0.1, -0.05) is 13.3 Å². The topological polar surface area (TPSA) is 125 Å². The van der Waals surface area contributed by atoms with Gasteiger partial charge in [0.25, 0.3) is 0 Å². The molecule has 0 radical (unpaired) electrons. The van der Waals surface area contributed by atoms with Crippen molar-refractivity contribution in [2.24, 2.45) is 5.92 Å². The minimum Gasteiger partial charge on any atom is -0.481 e. The van der Waals surface area contributed by atoms with E-state index in [0.717, 1.165) is 0 Å². The number of sulfonamides is 1. The monoisotopic (exact) mass is 323 g/mol. The number of carbonyl (C=O) groups is 2. The number of aliphatic carboxylic acids is 1. The number of carbonyl (C=O) groups excluding carboxylic acids is 1. The normalized spacial score (nSPS) is 14.2. The van der Waals surface area contributed by atoms with Crippen molar-refractivity contribution in [1.29, 1.82) is 0 Å². The first-order valence-corrected chi connectivity index (χ1v) is 8.51. The summed E-state index contributed by atoms with van der Waals surface area (Å²) in [5, 5.41) is 13.9. The van der Waals surface area contributed by atoms with E-state index in [-0.39, 0.29) is 18.3 Å². The van der Waals surface area contributed by atoms with Gasteiger partial charge in [-0.15, -0.1) is 0 Å². The van der Waals surface area contributed by atoms with Gasteiger partial charge in [0, 0.05) is 12.6 Å². The zero-order chi connectivity index (χ0) is 16.5. The highest BCUT2D eigenvalue weighted by Gasteiger charge is 2.13. The van der Waals surface area contributed by atoms with E-state index in [0.29, 0.717) is 19.3 Å². The van der Waals surface area contributed by atoms with E-state index >= 15 is 0 Å². The Labute approximate surface area is 125 Å². The summed E-state index contributed by atoms with van der Waals surface area (Å²) in [6, 6.07) is -0.535. The van der Waals surface area contributed by atoms with Gasteiger partial charge in [-0.3, -0.25) is 4.79 Å². The van der Waals surface area contributed by atoms with E-state index < -0.39 is 27.9 Å². The molecule has 0 spiro atoms. The summed E-state index contributed by atoms with van der Waals surface area (Å²) in [4.78, 5) is 22.1. The van der Waals surface area contributed by atoms with Crippen LogP contribution in [-0.4, -0.2) is 50.9 Å². The van der Waals surface area contributed by atoms with Gasteiger partial charge in [0.1, 0.15) is 0 Å². The highest BCUT2D eigenvalue weighted by atomic mass is 32.2.